The summed E-state index contributed by atoms with van der Waals surface area (Å²) in [6, 6.07) is 7.35. The molecule has 1 aromatic carbocycles. The number of aryl methyl sites for hydroxylation is 1. The zero-order valence-electron chi connectivity index (χ0n) is 14.3. The molecule has 1 aromatic rings. The van der Waals surface area contributed by atoms with Gasteiger partial charge in [0.2, 0.25) is 8.32 Å². The van der Waals surface area contributed by atoms with Gasteiger partial charge in [-0.3, -0.25) is 4.79 Å². The lowest BCUT2D eigenvalue weighted by Crippen LogP contribution is -2.43. The molecule has 0 saturated heterocycles. The molecule has 0 aromatic heterocycles. The number of benzene rings is 1. The van der Waals surface area contributed by atoms with E-state index in [2.05, 4.69) is 46.0 Å². The summed E-state index contributed by atoms with van der Waals surface area (Å²) in [5, 5.41) is 8.93. The van der Waals surface area contributed by atoms with Crippen LogP contribution in [0.15, 0.2) is 24.3 Å². The summed E-state index contributed by atoms with van der Waals surface area (Å²) >= 11 is 0. The molecule has 22 heavy (non-hydrogen) atoms. The van der Waals surface area contributed by atoms with E-state index in [1.165, 1.54) is 5.56 Å². The van der Waals surface area contributed by atoms with E-state index in [0.29, 0.717) is 6.42 Å². The highest BCUT2D eigenvalue weighted by atomic mass is 28.4. The summed E-state index contributed by atoms with van der Waals surface area (Å²) < 4.78 is 6.24. The Bertz CT molecular complexity index is 492. The fraction of sp³-hybridized carbons (Fsp3) is 0.588. The molecular formula is C17H29NO3Si. The second kappa shape index (κ2) is 7.29. The molecule has 0 aliphatic heterocycles. The summed E-state index contributed by atoms with van der Waals surface area (Å²) in [4.78, 5) is 10.7. The van der Waals surface area contributed by atoms with E-state index in [0.717, 1.165) is 18.6 Å². The molecule has 0 aliphatic rings. The van der Waals surface area contributed by atoms with E-state index >= 15 is 0 Å². The number of carbonyl (C=O) groups is 1. The third-order valence-electron chi connectivity index (χ3n) is 4.40. The number of hydrogen-bond donors (Lipinski definition) is 2. The van der Waals surface area contributed by atoms with Crippen molar-refractivity contribution in [1.29, 1.82) is 0 Å². The number of aliphatic carboxylic acids is 1. The second-order valence-electron chi connectivity index (χ2n) is 7.34. The van der Waals surface area contributed by atoms with Gasteiger partial charge in [0.15, 0.2) is 0 Å². The minimum atomic E-state index is -1.80. The van der Waals surface area contributed by atoms with Crippen LogP contribution < -0.4 is 10.2 Å². The van der Waals surface area contributed by atoms with E-state index < -0.39 is 20.3 Å². The smallest absolute Gasteiger partial charge is 0.320 e. The molecule has 0 saturated carbocycles. The lowest BCUT2D eigenvalue weighted by Gasteiger charge is -2.36. The Balaban J connectivity index is 2.55. The fourth-order valence-electron chi connectivity index (χ4n) is 1.82. The molecule has 0 aliphatic carbocycles. The second-order valence-corrected chi connectivity index (χ2v) is 12.1. The predicted octanol–water partition coefficient (Wildman–Crippen LogP) is 3.81. The first-order valence-corrected chi connectivity index (χ1v) is 10.7. The van der Waals surface area contributed by atoms with Crippen LogP contribution in [0.25, 0.3) is 0 Å². The van der Waals surface area contributed by atoms with Crippen LogP contribution in [0.1, 0.15) is 39.2 Å². The molecule has 4 nitrogen and oxygen atoms in total. The number of carboxylic acids is 1. The quantitative estimate of drug-likeness (QED) is 0.749. The van der Waals surface area contributed by atoms with Gasteiger partial charge in [-0.25, -0.2) is 0 Å². The maximum absolute atomic E-state index is 10.7. The van der Waals surface area contributed by atoms with Crippen LogP contribution in [0.2, 0.25) is 18.1 Å². The zero-order valence-corrected chi connectivity index (χ0v) is 15.3. The molecule has 1 atom stereocenters. The van der Waals surface area contributed by atoms with Crippen LogP contribution in [-0.4, -0.2) is 25.4 Å². The molecule has 0 radical (unpaired) electrons. The van der Waals surface area contributed by atoms with Gasteiger partial charge in [0.1, 0.15) is 11.8 Å². The van der Waals surface area contributed by atoms with Gasteiger partial charge in [-0.15, -0.1) is 0 Å². The molecule has 5 heteroatoms. The molecule has 0 amide bonds. The highest BCUT2D eigenvalue weighted by Crippen LogP contribution is 2.37. The van der Waals surface area contributed by atoms with E-state index in [4.69, 9.17) is 15.3 Å². The fourth-order valence-corrected chi connectivity index (χ4v) is 2.85. The first-order chi connectivity index (χ1) is 10.0. The number of rotatable bonds is 7. The van der Waals surface area contributed by atoms with E-state index in [-0.39, 0.29) is 5.04 Å². The SMILES string of the molecule is CC(C)(C)[Si](C)(C)Oc1ccc(CCC[C@@H](N)C(=O)O)cc1. The number of nitrogens with two attached hydrogens (primary N) is 1. The summed E-state index contributed by atoms with van der Waals surface area (Å²) in [6.07, 6.45) is 2.11. The molecule has 3 N–H and O–H groups in total. The van der Waals surface area contributed by atoms with Crippen LogP contribution >= 0.6 is 0 Å². The zero-order chi connectivity index (χ0) is 17.0. The van der Waals surface area contributed by atoms with Gasteiger partial charge >= 0.3 is 5.97 Å². The monoisotopic (exact) mass is 323 g/mol. The minimum absolute atomic E-state index is 0.179. The van der Waals surface area contributed by atoms with Crippen LogP contribution in [0.5, 0.6) is 5.75 Å². The van der Waals surface area contributed by atoms with Crippen molar-refractivity contribution in [3.63, 3.8) is 0 Å². The van der Waals surface area contributed by atoms with Crippen molar-refractivity contribution in [3.8, 4) is 5.75 Å². The third kappa shape index (κ3) is 5.46. The largest absolute Gasteiger partial charge is 0.544 e. The lowest BCUT2D eigenvalue weighted by molar-refractivity contribution is -0.138. The maximum atomic E-state index is 10.7. The summed E-state index contributed by atoms with van der Waals surface area (Å²) in [7, 11) is -1.80. The molecule has 0 fully saturated rings. The molecule has 124 valence electrons. The summed E-state index contributed by atoms with van der Waals surface area (Å²) in [5.74, 6) is -0.0179. The normalized spacial score (nSPS) is 13.7. The first-order valence-electron chi connectivity index (χ1n) is 7.79. The van der Waals surface area contributed by atoms with E-state index in [9.17, 15) is 4.79 Å². The minimum Gasteiger partial charge on any atom is -0.544 e. The van der Waals surface area contributed by atoms with Crippen LogP contribution in [-0.2, 0) is 11.2 Å². The predicted molar refractivity (Wildman–Crippen MR) is 92.8 cm³/mol. The first kappa shape index (κ1) is 18.7. The van der Waals surface area contributed by atoms with Crippen molar-refractivity contribution in [2.75, 3.05) is 0 Å². The average molecular weight is 324 g/mol. The Morgan fingerprint density at radius 2 is 1.82 bits per heavy atom. The molecule has 0 heterocycles. The summed E-state index contributed by atoms with van der Waals surface area (Å²) in [6.45, 7) is 11.1. The molecule has 0 unspecified atom stereocenters. The Kier molecular flexibility index (Phi) is 6.20. The summed E-state index contributed by atoms with van der Waals surface area (Å²) in [5.41, 5.74) is 6.68. The van der Waals surface area contributed by atoms with Gasteiger partial charge in [-0.05, 0) is 55.1 Å². The molecule has 1 rings (SSSR count). The topological polar surface area (TPSA) is 72.5 Å². The van der Waals surface area contributed by atoms with Crippen LogP contribution in [0.4, 0.5) is 0 Å². The Morgan fingerprint density at radius 1 is 1.27 bits per heavy atom. The van der Waals surface area contributed by atoms with Gasteiger partial charge in [0.05, 0.1) is 0 Å². The highest BCUT2D eigenvalue weighted by molar-refractivity contribution is 6.74. The third-order valence-corrected chi connectivity index (χ3v) is 8.76. The Morgan fingerprint density at radius 3 is 2.27 bits per heavy atom. The van der Waals surface area contributed by atoms with Gasteiger partial charge in [0, 0.05) is 0 Å². The van der Waals surface area contributed by atoms with Crippen molar-refractivity contribution in [2.45, 2.75) is 64.2 Å². The molecule has 0 spiro atoms. The average Bonchev–Trinajstić information content (AvgIpc) is 2.38. The standard InChI is InChI=1S/C17H29NO3Si/c1-17(2,3)22(4,5)21-14-11-9-13(10-12-14)7-6-8-15(18)16(19)20/h9-12,15H,6-8,18H2,1-5H3,(H,19,20)/t15-/m1/s1. The van der Waals surface area contributed by atoms with Crippen molar-refractivity contribution in [2.24, 2.45) is 5.73 Å². The Hall–Kier alpha value is -1.33. The molecule has 0 bridgehead atoms. The highest BCUT2D eigenvalue weighted by Gasteiger charge is 2.38. The van der Waals surface area contributed by atoms with Gasteiger partial charge in [-0.1, -0.05) is 32.9 Å². The molecular weight excluding hydrogens is 294 g/mol. The van der Waals surface area contributed by atoms with Gasteiger partial charge in [-0.2, -0.15) is 0 Å². The van der Waals surface area contributed by atoms with E-state index in [1.54, 1.807) is 0 Å². The van der Waals surface area contributed by atoms with Crippen LogP contribution in [0, 0.1) is 0 Å². The Labute approximate surface area is 134 Å². The van der Waals surface area contributed by atoms with Crippen molar-refractivity contribution in [1.82, 2.24) is 0 Å². The number of hydrogen-bond acceptors (Lipinski definition) is 3. The maximum Gasteiger partial charge on any atom is 0.320 e. The number of carboxylic acid groups (broad SMARTS) is 1. The van der Waals surface area contributed by atoms with Crippen LogP contribution in [0.3, 0.4) is 0 Å². The van der Waals surface area contributed by atoms with Crippen molar-refractivity contribution >= 4 is 14.3 Å². The van der Waals surface area contributed by atoms with Crippen molar-refractivity contribution < 1.29 is 14.3 Å². The van der Waals surface area contributed by atoms with E-state index in [1.807, 2.05) is 12.1 Å². The van der Waals surface area contributed by atoms with Gasteiger partial charge < -0.3 is 15.3 Å². The lowest BCUT2D eigenvalue weighted by atomic mass is 10.1. The van der Waals surface area contributed by atoms with Crippen molar-refractivity contribution in [3.05, 3.63) is 29.8 Å². The van der Waals surface area contributed by atoms with Gasteiger partial charge in [0.25, 0.3) is 0 Å².